The predicted molar refractivity (Wildman–Crippen MR) is 73.4 cm³/mol. The van der Waals surface area contributed by atoms with E-state index in [9.17, 15) is 9.59 Å². The van der Waals surface area contributed by atoms with Crippen LogP contribution in [0.4, 0.5) is 5.69 Å². The van der Waals surface area contributed by atoms with Gasteiger partial charge in [-0.2, -0.15) is 0 Å². The predicted octanol–water partition coefficient (Wildman–Crippen LogP) is 1.42. The van der Waals surface area contributed by atoms with Crippen LogP contribution in [0.1, 0.15) is 0 Å². The van der Waals surface area contributed by atoms with E-state index in [0.29, 0.717) is 18.7 Å². The van der Waals surface area contributed by atoms with Gasteiger partial charge in [0.2, 0.25) is 0 Å². The molecule has 1 aromatic carbocycles. The van der Waals surface area contributed by atoms with Gasteiger partial charge in [-0.1, -0.05) is 11.6 Å². The smallest absolute Gasteiger partial charge is 0.328 e. The summed E-state index contributed by atoms with van der Waals surface area (Å²) in [5.41, 5.74) is 6.37. The summed E-state index contributed by atoms with van der Waals surface area (Å²) >= 11 is 5.69. The average molecular weight is 287 g/mol. The van der Waals surface area contributed by atoms with Crippen LogP contribution in [0.3, 0.4) is 0 Å². The lowest BCUT2D eigenvalue weighted by molar-refractivity contribution is -0.134. The lowest BCUT2D eigenvalue weighted by atomic mass is 10.3. The van der Waals surface area contributed by atoms with Crippen molar-refractivity contribution in [3.05, 3.63) is 41.4 Å². The molecule has 0 aliphatic heterocycles. The molecule has 19 heavy (non-hydrogen) atoms. The van der Waals surface area contributed by atoms with E-state index in [1.807, 2.05) is 24.3 Å². The molecule has 5 N–H and O–H groups in total. The molecule has 0 saturated carbocycles. The first kappa shape index (κ1) is 16.9. The van der Waals surface area contributed by atoms with Crippen LogP contribution < -0.4 is 11.1 Å². The summed E-state index contributed by atoms with van der Waals surface area (Å²) in [5, 5.41) is 19.5. The monoisotopic (exact) mass is 286 g/mol. The fourth-order valence-electron chi connectivity index (χ4n) is 0.927. The highest BCUT2D eigenvalue weighted by Crippen LogP contribution is 2.12. The highest BCUT2D eigenvalue weighted by atomic mass is 35.5. The van der Waals surface area contributed by atoms with Gasteiger partial charge in [0.15, 0.2) is 0 Å². The Balaban J connectivity index is 0.000000362. The second kappa shape index (κ2) is 9.93. The molecule has 0 amide bonds. The third kappa shape index (κ3) is 10.8. The summed E-state index contributed by atoms with van der Waals surface area (Å²) in [6.45, 7) is 1.43. The Morgan fingerprint density at radius 1 is 1.16 bits per heavy atom. The van der Waals surface area contributed by atoms with Crippen molar-refractivity contribution < 1.29 is 19.8 Å². The van der Waals surface area contributed by atoms with Crippen LogP contribution in [-0.2, 0) is 9.59 Å². The number of nitrogens with two attached hydrogens (primary N) is 1. The third-order valence-electron chi connectivity index (χ3n) is 1.69. The highest BCUT2D eigenvalue weighted by molar-refractivity contribution is 6.30. The fraction of sp³-hybridized carbons (Fsp3) is 0.167. The number of anilines is 1. The van der Waals surface area contributed by atoms with Gasteiger partial charge < -0.3 is 21.3 Å². The number of hydrogen-bond acceptors (Lipinski definition) is 4. The molecule has 0 unspecified atom stereocenters. The van der Waals surface area contributed by atoms with Gasteiger partial charge in [0.1, 0.15) is 0 Å². The van der Waals surface area contributed by atoms with E-state index in [2.05, 4.69) is 5.32 Å². The molecule has 0 aromatic heterocycles. The zero-order chi connectivity index (χ0) is 14.7. The van der Waals surface area contributed by atoms with Crippen molar-refractivity contribution in [3.63, 3.8) is 0 Å². The summed E-state index contributed by atoms with van der Waals surface area (Å²) in [5.74, 6) is -2.51. The SMILES string of the molecule is NCCNc1ccc(Cl)cc1.O=C(O)C=CC(=O)O. The van der Waals surface area contributed by atoms with Crippen LogP contribution in [0.5, 0.6) is 0 Å². The minimum atomic E-state index is -1.26. The molecule has 0 bridgehead atoms. The Bertz CT molecular complexity index is 416. The van der Waals surface area contributed by atoms with Gasteiger partial charge in [-0.15, -0.1) is 0 Å². The zero-order valence-corrected chi connectivity index (χ0v) is 10.8. The molecule has 0 aliphatic carbocycles. The molecular weight excluding hydrogens is 272 g/mol. The second-order valence-corrected chi connectivity index (χ2v) is 3.67. The first-order chi connectivity index (χ1) is 8.95. The maximum atomic E-state index is 9.55. The van der Waals surface area contributed by atoms with Crippen LogP contribution in [-0.4, -0.2) is 35.2 Å². The average Bonchev–Trinajstić information content (AvgIpc) is 2.36. The maximum Gasteiger partial charge on any atom is 0.328 e. The third-order valence-corrected chi connectivity index (χ3v) is 1.94. The molecule has 0 atom stereocenters. The van der Waals surface area contributed by atoms with E-state index in [0.717, 1.165) is 17.3 Å². The number of carbonyl (C=O) groups is 2. The number of halogens is 1. The van der Waals surface area contributed by atoms with Gasteiger partial charge in [0.05, 0.1) is 0 Å². The standard InChI is InChI=1S/C8H11ClN2.C4H4O4/c9-7-1-3-8(4-2-7)11-6-5-10;5-3(6)1-2-4(7)8/h1-4,11H,5-6,10H2;1-2H,(H,5,6)(H,7,8). The molecule has 1 aromatic rings. The van der Waals surface area contributed by atoms with E-state index in [-0.39, 0.29) is 0 Å². The molecule has 7 heteroatoms. The highest BCUT2D eigenvalue weighted by Gasteiger charge is 1.89. The summed E-state index contributed by atoms with van der Waals surface area (Å²) in [6.07, 6.45) is 1.12. The van der Waals surface area contributed by atoms with Crippen LogP contribution in [0.15, 0.2) is 36.4 Å². The van der Waals surface area contributed by atoms with Crippen molar-refractivity contribution in [1.82, 2.24) is 0 Å². The Labute approximate surface area is 115 Å². The van der Waals surface area contributed by atoms with Gasteiger partial charge in [0, 0.05) is 36.0 Å². The van der Waals surface area contributed by atoms with E-state index in [1.165, 1.54) is 0 Å². The molecule has 0 heterocycles. The largest absolute Gasteiger partial charge is 0.478 e. The lowest BCUT2D eigenvalue weighted by Crippen LogP contribution is -2.12. The van der Waals surface area contributed by atoms with E-state index in [1.54, 1.807) is 0 Å². The summed E-state index contributed by atoms with van der Waals surface area (Å²) in [6, 6.07) is 7.55. The normalized spacial score (nSPS) is 9.58. The first-order valence-corrected chi connectivity index (χ1v) is 5.67. The van der Waals surface area contributed by atoms with Crippen molar-refractivity contribution in [1.29, 1.82) is 0 Å². The van der Waals surface area contributed by atoms with Crippen molar-refractivity contribution in [2.24, 2.45) is 5.73 Å². The molecule has 104 valence electrons. The minimum Gasteiger partial charge on any atom is -0.478 e. The first-order valence-electron chi connectivity index (χ1n) is 5.29. The Morgan fingerprint density at radius 2 is 1.63 bits per heavy atom. The quantitative estimate of drug-likeness (QED) is 0.609. The Morgan fingerprint density at radius 3 is 2.00 bits per heavy atom. The van der Waals surface area contributed by atoms with Crippen LogP contribution in [0.2, 0.25) is 5.02 Å². The minimum absolute atomic E-state index is 0.558. The molecule has 1 rings (SSSR count). The van der Waals surface area contributed by atoms with Crippen LogP contribution in [0, 0.1) is 0 Å². The summed E-state index contributed by atoms with van der Waals surface area (Å²) in [7, 11) is 0. The van der Waals surface area contributed by atoms with E-state index in [4.69, 9.17) is 27.5 Å². The maximum absolute atomic E-state index is 9.55. The van der Waals surface area contributed by atoms with Crippen LogP contribution in [0.25, 0.3) is 0 Å². The lowest BCUT2D eigenvalue weighted by Gasteiger charge is -2.02. The van der Waals surface area contributed by atoms with Gasteiger partial charge in [-0.25, -0.2) is 9.59 Å². The molecule has 0 aliphatic rings. The number of aliphatic carboxylic acids is 2. The number of benzene rings is 1. The van der Waals surface area contributed by atoms with Gasteiger partial charge >= 0.3 is 11.9 Å². The Hall–Kier alpha value is -2.05. The van der Waals surface area contributed by atoms with Crippen molar-refractivity contribution in [2.45, 2.75) is 0 Å². The number of rotatable bonds is 5. The molecule has 0 saturated heterocycles. The van der Waals surface area contributed by atoms with Crippen molar-refractivity contribution in [3.8, 4) is 0 Å². The fourth-order valence-corrected chi connectivity index (χ4v) is 1.05. The topological polar surface area (TPSA) is 113 Å². The van der Waals surface area contributed by atoms with E-state index < -0.39 is 11.9 Å². The van der Waals surface area contributed by atoms with Crippen molar-refractivity contribution >= 4 is 29.2 Å². The molecule has 0 fully saturated rings. The summed E-state index contributed by atoms with van der Waals surface area (Å²) < 4.78 is 0. The number of hydrogen-bond donors (Lipinski definition) is 4. The van der Waals surface area contributed by atoms with E-state index >= 15 is 0 Å². The Kier molecular flexibility index (Phi) is 8.86. The second-order valence-electron chi connectivity index (χ2n) is 3.23. The number of carboxylic acids is 2. The molecule has 0 radical (unpaired) electrons. The zero-order valence-electron chi connectivity index (χ0n) is 10.0. The summed E-state index contributed by atoms with van der Waals surface area (Å²) in [4.78, 5) is 19.1. The molecule has 6 nitrogen and oxygen atoms in total. The number of nitrogens with one attached hydrogen (secondary N) is 1. The van der Waals surface area contributed by atoms with Crippen molar-refractivity contribution in [2.75, 3.05) is 18.4 Å². The molecular formula is C12H15ClN2O4. The van der Waals surface area contributed by atoms with Gasteiger partial charge in [0.25, 0.3) is 0 Å². The van der Waals surface area contributed by atoms with Gasteiger partial charge in [-0.05, 0) is 24.3 Å². The molecule has 0 spiro atoms. The van der Waals surface area contributed by atoms with Gasteiger partial charge in [-0.3, -0.25) is 0 Å². The number of carboxylic acid groups (broad SMARTS) is 2. The van der Waals surface area contributed by atoms with Crippen LogP contribution >= 0.6 is 11.6 Å².